The van der Waals surface area contributed by atoms with Crippen LogP contribution in [-0.2, 0) is 11.8 Å². The van der Waals surface area contributed by atoms with Crippen molar-refractivity contribution in [3.05, 3.63) is 29.1 Å². The molecule has 1 heterocycles. The minimum Gasteiger partial charge on any atom is -0.370 e. The molecular formula is C35H53N3O3. The quantitative estimate of drug-likeness (QED) is 0.395. The number of allylic oxidation sites excluding steroid dienone is 2. The smallest absolute Gasteiger partial charge is 0.271 e. The van der Waals surface area contributed by atoms with E-state index in [1.165, 1.54) is 24.0 Å². The molecule has 4 fully saturated rings. The first-order valence-corrected chi connectivity index (χ1v) is 16.3. The van der Waals surface area contributed by atoms with Gasteiger partial charge in [-0.05, 0) is 108 Å². The molecule has 226 valence electrons. The minimum absolute atomic E-state index is 0.0422. The molecule has 2 N–H and O–H groups in total. The molecule has 8 atom stereocenters. The van der Waals surface area contributed by atoms with E-state index in [0.717, 1.165) is 32.1 Å². The number of nitrogens with one attached hydrogen (secondary N) is 1. The van der Waals surface area contributed by atoms with Gasteiger partial charge in [-0.25, -0.2) is 0 Å². The van der Waals surface area contributed by atoms with Crippen molar-refractivity contribution < 1.29 is 14.7 Å². The summed E-state index contributed by atoms with van der Waals surface area (Å²) in [7, 11) is 1.76. The average Bonchev–Trinajstić information content (AvgIpc) is 3.42. The van der Waals surface area contributed by atoms with Crippen molar-refractivity contribution in [1.82, 2.24) is 15.1 Å². The summed E-state index contributed by atoms with van der Waals surface area (Å²) < 4.78 is 1.57. The lowest BCUT2D eigenvalue weighted by Gasteiger charge is -2.73. The van der Waals surface area contributed by atoms with Crippen molar-refractivity contribution in [1.29, 1.82) is 0 Å². The first-order chi connectivity index (χ1) is 19.0. The van der Waals surface area contributed by atoms with E-state index in [0.29, 0.717) is 48.0 Å². The lowest BCUT2D eigenvalue weighted by molar-refractivity contribution is -0.256. The molecule has 1 amide bonds. The molecule has 0 spiro atoms. The van der Waals surface area contributed by atoms with Gasteiger partial charge in [-0.3, -0.25) is 14.3 Å². The van der Waals surface area contributed by atoms with Gasteiger partial charge in [-0.1, -0.05) is 61.0 Å². The summed E-state index contributed by atoms with van der Waals surface area (Å²) in [5, 5.41) is 19.4. The molecule has 0 unspecified atom stereocenters. The number of hydrogen-bond acceptors (Lipinski definition) is 4. The maximum atomic E-state index is 13.4. The van der Waals surface area contributed by atoms with Crippen LogP contribution in [0.2, 0.25) is 0 Å². The van der Waals surface area contributed by atoms with Crippen LogP contribution in [-0.4, -0.2) is 32.3 Å². The van der Waals surface area contributed by atoms with Gasteiger partial charge in [0, 0.05) is 25.1 Å². The molecule has 1 aromatic rings. The number of Topliss-reactive ketones (excluding diaryl/α,β-unsaturated/α-hetero) is 1. The first kappa shape index (κ1) is 29.1. The molecule has 0 saturated heterocycles. The molecule has 0 aliphatic heterocycles. The summed E-state index contributed by atoms with van der Waals surface area (Å²) in [5.41, 5.74) is 1.87. The Balaban J connectivity index is 1.34. The Labute approximate surface area is 247 Å². The Morgan fingerprint density at radius 1 is 0.976 bits per heavy atom. The number of carbonyl (C=O) groups excluding carboxylic acids is 2. The van der Waals surface area contributed by atoms with Crippen LogP contribution >= 0.6 is 0 Å². The standard InChI is InChI=1S/C35H53N3O3/c1-21(2)27-24(39)20-31(5)15-17-33(7)22(28(27)31)10-11-26-32(6)16-18-35(41,37-29(40)23-13-19-36-38(23)9)30(3,4)25(32)12-14-34(26,33)8/h13,19,21-22,25-26,41H,10-12,14-18,20H2,1-9H3,(H,37,40)/t22-,25+,26-,31+,32+,33-,34-,35+/m1/s1. The third kappa shape index (κ3) is 3.61. The Morgan fingerprint density at radius 3 is 2.32 bits per heavy atom. The number of amides is 1. The van der Waals surface area contributed by atoms with Crippen molar-refractivity contribution >= 4 is 11.7 Å². The number of aryl methyl sites for hydroxylation is 1. The molecule has 6 nitrogen and oxygen atoms in total. The van der Waals surface area contributed by atoms with Crippen LogP contribution < -0.4 is 5.32 Å². The van der Waals surface area contributed by atoms with E-state index in [-0.39, 0.29) is 27.6 Å². The number of rotatable bonds is 3. The average molecular weight is 564 g/mol. The second-order valence-electron chi connectivity index (χ2n) is 16.6. The predicted molar refractivity (Wildman–Crippen MR) is 161 cm³/mol. The van der Waals surface area contributed by atoms with Crippen LogP contribution in [0.4, 0.5) is 0 Å². The third-order valence-corrected chi connectivity index (χ3v) is 14.4. The van der Waals surface area contributed by atoms with Gasteiger partial charge in [0.05, 0.1) is 0 Å². The summed E-state index contributed by atoms with van der Waals surface area (Å²) in [6.45, 7) is 18.9. The maximum absolute atomic E-state index is 13.4. The van der Waals surface area contributed by atoms with E-state index in [1.54, 1.807) is 24.0 Å². The van der Waals surface area contributed by atoms with Gasteiger partial charge in [0.1, 0.15) is 11.4 Å². The molecule has 6 heteroatoms. The van der Waals surface area contributed by atoms with Gasteiger partial charge in [0.2, 0.25) is 0 Å². The van der Waals surface area contributed by atoms with Crippen molar-refractivity contribution in [2.24, 2.45) is 57.8 Å². The highest BCUT2D eigenvalue weighted by Crippen LogP contribution is 2.77. The number of aliphatic hydroxyl groups is 1. The third-order valence-electron chi connectivity index (χ3n) is 14.4. The van der Waals surface area contributed by atoms with Crippen LogP contribution in [0, 0.1) is 50.7 Å². The second kappa shape index (κ2) is 8.80. The Morgan fingerprint density at radius 2 is 1.68 bits per heavy atom. The molecule has 41 heavy (non-hydrogen) atoms. The molecule has 0 aromatic carbocycles. The maximum Gasteiger partial charge on any atom is 0.271 e. The normalized spacial score (nSPS) is 45.1. The van der Waals surface area contributed by atoms with Gasteiger partial charge in [-0.15, -0.1) is 0 Å². The van der Waals surface area contributed by atoms with Crippen LogP contribution in [0.3, 0.4) is 0 Å². The van der Waals surface area contributed by atoms with Crippen molar-refractivity contribution in [2.75, 3.05) is 0 Å². The van der Waals surface area contributed by atoms with Crippen molar-refractivity contribution in [2.45, 2.75) is 119 Å². The lowest BCUT2D eigenvalue weighted by Crippen LogP contribution is -2.71. The summed E-state index contributed by atoms with van der Waals surface area (Å²) in [5.74, 6) is 1.77. The highest BCUT2D eigenvalue weighted by atomic mass is 16.3. The van der Waals surface area contributed by atoms with E-state index >= 15 is 0 Å². The molecule has 5 aliphatic carbocycles. The molecule has 6 rings (SSSR count). The Bertz CT molecular complexity index is 1330. The molecule has 4 saturated carbocycles. The predicted octanol–water partition coefficient (Wildman–Crippen LogP) is 6.84. The molecule has 1 aromatic heterocycles. The fourth-order valence-electron chi connectivity index (χ4n) is 11.9. The highest BCUT2D eigenvalue weighted by molar-refractivity contribution is 6.00. The topological polar surface area (TPSA) is 84.2 Å². The van der Waals surface area contributed by atoms with E-state index < -0.39 is 11.1 Å². The highest BCUT2D eigenvalue weighted by Gasteiger charge is 2.71. The summed E-state index contributed by atoms with van der Waals surface area (Å²) >= 11 is 0. The molecule has 0 bridgehead atoms. The fourth-order valence-corrected chi connectivity index (χ4v) is 11.9. The largest absolute Gasteiger partial charge is 0.370 e. The van der Waals surface area contributed by atoms with Crippen LogP contribution in [0.5, 0.6) is 0 Å². The number of hydrogen-bond donors (Lipinski definition) is 2. The minimum atomic E-state index is -1.28. The van der Waals surface area contributed by atoms with Gasteiger partial charge in [0.15, 0.2) is 5.78 Å². The monoisotopic (exact) mass is 563 g/mol. The zero-order valence-corrected chi connectivity index (χ0v) is 27.0. The second-order valence-corrected chi connectivity index (χ2v) is 16.6. The van der Waals surface area contributed by atoms with Crippen molar-refractivity contribution in [3.8, 4) is 0 Å². The fraction of sp³-hybridized carbons (Fsp3) is 0.800. The summed E-state index contributed by atoms with van der Waals surface area (Å²) in [6.07, 6.45) is 10.6. The summed E-state index contributed by atoms with van der Waals surface area (Å²) in [6, 6.07) is 1.71. The number of ketones is 1. The number of aromatic nitrogens is 2. The van der Waals surface area contributed by atoms with Crippen LogP contribution in [0.1, 0.15) is 124 Å². The molecule has 0 radical (unpaired) electrons. The zero-order chi connectivity index (χ0) is 30.0. The first-order valence-electron chi connectivity index (χ1n) is 16.3. The van der Waals surface area contributed by atoms with E-state index in [1.807, 2.05) is 0 Å². The van der Waals surface area contributed by atoms with Crippen LogP contribution in [0.15, 0.2) is 23.4 Å². The lowest BCUT2D eigenvalue weighted by atomic mass is 9.32. The number of nitrogens with zero attached hydrogens (tertiary/aromatic N) is 2. The van der Waals surface area contributed by atoms with E-state index in [2.05, 4.69) is 65.8 Å². The Hall–Kier alpha value is -1.95. The number of fused-ring (bicyclic) bond motifs is 7. The Kier molecular flexibility index (Phi) is 6.25. The van der Waals surface area contributed by atoms with Gasteiger partial charge in [-0.2, -0.15) is 5.10 Å². The SMILES string of the molecule is CC(C)C1=C2[C@H]3CC[C@@H]4[C@@]5(C)CC[C@@](O)(NC(=O)c6ccnn6C)C(C)(C)[C@@H]5CC[C@@]4(C)[C@]3(C)CC[C@@]2(C)CC1=O. The van der Waals surface area contributed by atoms with E-state index in [4.69, 9.17) is 0 Å². The van der Waals surface area contributed by atoms with Crippen LogP contribution in [0.25, 0.3) is 0 Å². The molecular weight excluding hydrogens is 510 g/mol. The number of carbonyl (C=O) groups is 2. The van der Waals surface area contributed by atoms with Gasteiger partial charge in [0.25, 0.3) is 5.91 Å². The zero-order valence-electron chi connectivity index (χ0n) is 27.0. The van der Waals surface area contributed by atoms with Gasteiger partial charge < -0.3 is 10.4 Å². The van der Waals surface area contributed by atoms with E-state index in [9.17, 15) is 14.7 Å². The summed E-state index contributed by atoms with van der Waals surface area (Å²) in [4.78, 5) is 26.6. The van der Waals surface area contributed by atoms with Crippen molar-refractivity contribution in [3.63, 3.8) is 0 Å². The van der Waals surface area contributed by atoms with Gasteiger partial charge >= 0.3 is 0 Å². The molecule has 5 aliphatic rings.